The van der Waals surface area contributed by atoms with Crippen molar-refractivity contribution in [1.82, 2.24) is 20.0 Å². The number of likely N-dealkylation sites (tertiary alicyclic amines) is 1. The van der Waals surface area contributed by atoms with E-state index in [-0.39, 0.29) is 12.0 Å². The topological polar surface area (TPSA) is 70.4 Å². The average Bonchev–Trinajstić information content (AvgIpc) is 3.25. The van der Waals surface area contributed by atoms with Crippen molar-refractivity contribution >= 4 is 17.5 Å². The van der Waals surface area contributed by atoms with Gasteiger partial charge in [-0.1, -0.05) is 48.0 Å². The molecule has 156 valence electrons. The van der Waals surface area contributed by atoms with Gasteiger partial charge in [0.15, 0.2) is 0 Å². The summed E-state index contributed by atoms with van der Waals surface area (Å²) in [5.74, 6) is -0.177. The van der Waals surface area contributed by atoms with Crippen molar-refractivity contribution in [3.8, 4) is 5.69 Å². The third-order valence-corrected chi connectivity index (χ3v) is 5.70. The van der Waals surface area contributed by atoms with Gasteiger partial charge >= 0.3 is 0 Å². The number of nitrogens with zero attached hydrogens (tertiary/aromatic N) is 3. The van der Waals surface area contributed by atoms with Crippen molar-refractivity contribution in [2.45, 2.75) is 32.0 Å². The van der Waals surface area contributed by atoms with Crippen LogP contribution in [0.3, 0.4) is 0 Å². The highest BCUT2D eigenvalue weighted by atomic mass is 35.5. The number of hydrogen-bond donors (Lipinski definition) is 2. The maximum Gasteiger partial charge on any atom is 0.254 e. The molecule has 4 rings (SSSR count). The Bertz CT molecular complexity index is 994. The Morgan fingerprint density at radius 3 is 2.53 bits per heavy atom. The highest BCUT2D eigenvalue weighted by Gasteiger charge is 2.17. The number of rotatable bonds is 6. The molecule has 0 atom stereocenters. The fourth-order valence-corrected chi connectivity index (χ4v) is 3.81. The number of para-hydroxylation sites is 1. The van der Waals surface area contributed by atoms with E-state index in [2.05, 4.69) is 27.4 Å². The third-order valence-electron chi connectivity index (χ3n) is 5.38. The lowest BCUT2D eigenvalue weighted by Crippen LogP contribution is -2.35. The number of amides is 1. The molecule has 6 nitrogen and oxygen atoms in total. The van der Waals surface area contributed by atoms with Crippen molar-refractivity contribution in [1.29, 1.82) is 0 Å². The molecule has 1 amide bonds. The summed E-state index contributed by atoms with van der Waals surface area (Å²) in [7, 11) is 0. The second-order valence-corrected chi connectivity index (χ2v) is 8.04. The Kier molecular flexibility index (Phi) is 6.47. The summed E-state index contributed by atoms with van der Waals surface area (Å²) in [5.41, 5.74) is 3.50. The summed E-state index contributed by atoms with van der Waals surface area (Å²) in [4.78, 5) is 14.8. The summed E-state index contributed by atoms with van der Waals surface area (Å²) in [6.45, 7) is 3.20. The molecule has 0 spiro atoms. The number of halogens is 1. The van der Waals surface area contributed by atoms with Crippen LogP contribution in [-0.2, 0) is 13.1 Å². The lowest BCUT2D eigenvalue weighted by molar-refractivity contribution is 0.0792. The summed E-state index contributed by atoms with van der Waals surface area (Å²) in [6, 6.07) is 15.7. The number of carbonyl (C=O) groups excluding carboxylic acids is 1. The zero-order valence-electron chi connectivity index (χ0n) is 16.7. The van der Waals surface area contributed by atoms with Crippen LogP contribution in [0.5, 0.6) is 0 Å². The zero-order chi connectivity index (χ0) is 20.9. The molecule has 2 aromatic carbocycles. The predicted molar refractivity (Wildman–Crippen MR) is 117 cm³/mol. The molecule has 0 bridgehead atoms. The van der Waals surface area contributed by atoms with Crippen LogP contribution >= 0.6 is 11.6 Å². The number of hydrogen-bond acceptors (Lipinski definition) is 4. The van der Waals surface area contributed by atoms with E-state index in [0.717, 1.165) is 43.7 Å². The summed E-state index contributed by atoms with van der Waals surface area (Å²) >= 11 is 6.19. The van der Waals surface area contributed by atoms with Crippen LogP contribution in [0.25, 0.3) is 5.69 Å². The van der Waals surface area contributed by atoms with E-state index >= 15 is 0 Å². The van der Waals surface area contributed by atoms with Gasteiger partial charge in [-0.15, -0.1) is 0 Å². The first-order valence-electron chi connectivity index (χ1n) is 10.1. The first kappa shape index (κ1) is 20.6. The molecule has 1 aromatic heterocycles. The van der Waals surface area contributed by atoms with Gasteiger partial charge in [-0.3, -0.25) is 9.69 Å². The van der Waals surface area contributed by atoms with Crippen molar-refractivity contribution in [3.63, 3.8) is 0 Å². The van der Waals surface area contributed by atoms with E-state index in [1.807, 2.05) is 30.3 Å². The standard InChI is InChI=1S/C23H25ClN4O2/c24-21-3-1-2-4-22(21)28-16-19(14-26-28)23(30)25-13-17-5-7-18(8-6-17)15-27-11-9-20(29)10-12-27/h1-8,14,16,20,29H,9-13,15H2,(H,25,30). The molecule has 0 unspecified atom stereocenters. The molecule has 3 aromatic rings. The van der Waals surface area contributed by atoms with Gasteiger partial charge in [-0.2, -0.15) is 5.10 Å². The molecular weight excluding hydrogens is 400 g/mol. The number of aromatic nitrogens is 2. The Hall–Kier alpha value is -2.67. The smallest absolute Gasteiger partial charge is 0.254 e. The molecule has 7 heteroatoms. The Morgan fingerprint density at radius 2 is 1.80 bits per heavy atom. The van der Waals surface area contributed by atoms with Crippen LogP contribution in [0.2, 0.25) is 5.02 Å². The summed E-state index contributed by atoms with van der Waals surface area (Å²) in [5, 5.41) is 17.4. The van der Waals surface area contributed by atoms with Crippen molar-refractivity contribution in [2.24, 2.45) is 0 Å². The zero-order valence-corrected chi connectivity index (χ0v) is 17.4. The molecule has 0 aliphatic carbocycles. The van der Waals surface area contributed by atoms with Crippen LogP contribution in [0.15, 0.2) is 60.9 Å². The van der Waals surface area contributed by atoms with Gasteiger partial charge in [-0.05, 0) is 36.1 Å². The van der Waals surface area contributed by atoms with E-state index in [1.54, 1.807) is 16.9 Å². The number of nitrogens with one attached hydrogen (secondary N) is 1. The van der Waals surface area contributed by atoms with E-state index in [9.17, 15) is 9.90 Å². The molecule has 1 saturated heterocycles. The minimum Gasteiger partial charge on any atom is -0.393 e. The molecule has 0 radical (unpaired) electrons. The molecule has 1 aliphatic heterocycles. The Morgan fingerprint density at radius 1 is 1.10 bits per heavy atom. The van der Waals surface area contributed by atoms with Gasteiger partial charge in [-0.25, -0.2) is 4.68 Å². The van der Waals surface area contributed by atoms with Crippen molar-refractivity contribution < 1.29 is 9.90 Å². The molecule has 30 heavy (non-hydrogen) atoms. The third kappa shape index (κ3) is 5.08. The van der Waals surface area contributed by atoms with Crippen molar-refractivity contribution in [3.05, 3.63) is 82.6 Å². The molecule has 1 fully saturated rings. The van der Waals surface area contributed by atoms with Crippen LogP contribution < -0.4 is 5.32 Å². The number of piperidine rings is 1. The first-order chi connectivity index (χ1) is 14.6. The number of aliphatic hydroxyl groups is 1. The van der Waals surface area contributed by atoms with Gasteiger partial charge in [0.05, 0.1) is 28.6 Å². The second kappa shape index (κ2) is 9.43. The SMILES string of the molecule is O=C(NCc1ccc(CN2CCC(O)CC2)cc1)c1cnn(-c2ccccc2Cl)c1. The fourth-order valence-electron chi connectivity index (χ4n) is 3.59. The second-order valence-electron chi connectivity index (χ2n) is 7.63. The number of carbonyl (C=O) groups is 1. The van der Waals surface area contributed by atoms with Gasteiger partial charge in [0, 0.05) is 32.4 Å². The summed E-state index contributed by atoms with van der Waals surface area (Å²) in [6.07, 6.45) is 4.75. The molecule has 2 heterocycles. The maximum atomic E-state index is 12.5. The van der Waals surface area contributed by atoms with Gasteiger partial charge < -0.3 is 10.4 Å². The lowest BCUT2D eigenvalue weighted by Gasteiger charge is -2.29. The monoisotopic (exact) mass is 424 g/mol. The largest absolute Gasteiger partial charge is 0.393 e. The maximum absolute atomic E-state index is 12.5. The van der Waals surface area contributed by atoms with Gasteiger partial charge in [0.1, 0.15) is 0 Å². The Balaban J connectivity index is 1.30. The molecule has 1 aliphatic rings. The van der Waals surface area contributed by atoms with Crippen LogP contribution in [0, 0.1) is 0 Å². The minimum absolute atomic E-state index is 0.149. The average molecular weight is 425 g/mol. The molecule has 0 saturated carbocycles. The highest BCUT2D eigenvalue weighted by molar-refractivity contribution is 6.32. The number of aliphatic hydroxyl groups excluding tert-OH is 1. The van der Waals surface area contributed by atoms with Crippen LogP contribution in [-0.4, -0.2) is 44.9 Å². The van der Waals surface area contributed by atoms with Crippen molar-refractivity contribution in [2.75, 3.05) is 13.1 Å². The molecular formula is C23H25ClN4O2. The van der Waals surface area contributed by atoms with E-state index in [1.165, 1.54) is 11.8 Å². The molecule has 2 N–H and O–H groups in total. The fraction of sp³-hybridized carbons (Fsp3) is 0.304. The van der Waals surface area contributed by atoms with Crippen LogP contribution in [0.1, 0.15) is 34.3 Å². The van der Waals surface area contributed by atoms with E-state index in [0.29, 0.717) is 17.1 Å². The van der Waals surface area contributed by atoms with E-state index < -0.39 is 0 Å². The van der Waals surface area contributed by atoms with E-state index in [4.69, 9.17) is 11.6 Å². The van der Waals surface area contributed by atoms with Gasteiger partial charge in [0.25, 0.3) is 5.91 Å². The van der Waals surface area contributed by atoms with Gasteiger partial charge in [0.2, 0.25) is 0 Å². The normalized spacial score (nSPS) is 15.3. The lowest BCUT2D eigenvalue weighted by atomic mass is 10.1. The highest BCUT2D eigenvalue weighted by Crippen LogP contribution is 2.19. The number of benzene rings is 2. The quantitative estimate of drug-likeness (QED) is 0.636. The minimum atomic E-state index is -0.177. The van der Waals surface area contributed by atoms with Crippen LogP contribution in [0.4, 0.5) is 0 Å². The Labute approximate surface area is 181 Å². The first-order valence-corrected chi connectivity index (χ1v) is 10.5. The summed E-state index contributed by atoms with van der Waals surface area (Å²) < 4.78 is 1.60. The predicted octanol–water partition coefficient (Wildman–Crippen LogP) is 3.41.